The molecule has 0 saturated heterocycles. The zero-order valence-corrected chi connectivity index (χ0v) is 8.60. The number of rotatable bonds is 0. The Morgan fingerprint density at radius 3 is 0.700 bits per heavy atom. The van der Waals surface area contributed by atoms with E-state index in [0.29, 0.717) is 0 Å². The molecule has 72 valence electrons. The second kappa shape index (κ2) is 49.5. The molecule has 0 aromatic rings. The summed E-state index contributed by atoms with van der Waals surface area (Å²) in [6.07, 6.45) is 0. The summed E-state index contributed by atoms with van der Waals surface area (Å²) in [7, 11) is 0. The fraction of sp³-hybridized carbons (Fsp3) is 1.00. The van der Waals surface area contributed by atoms with Gasteiger partial charge in [-0.15, -0.1) is 0 Å². The minimum absolute atomic E-state index is 0. The van der Waals surface area contributed by atoms with Crippen molar-refractivity contribution in [1.29, 1.82) is 0 Å². The van der Waals surface area contributed by atoms with Gasteiger partial charge in [-0.3, -0.25) is 0 Å². The van der Waals surface area contributed by atoms with E-state index >= 15 is 0 Å². The fourth-order valence-electron chi connectivity index (χ4n) is 0. The maximum atomic E-state index is 7.57. The minimum atomic E-state index is 0. The first kappa shape index (κ1) is 22.5. The summed E-state index contributed by atoms with van der Waals surface area (Å²) in [6.45, 7) is 5.79. The Labute approximate surface area is 92.7 Å². The van der Waals surface area contributed by atoms with E-state index < -0.39 is 0 Å². The van der Waals surface area contributed by atoms with Crippen molar-refractivity contribution in [1.82, 2.24) is 0 Å². The molecule has 0 rings (SSSR count). The van der Waals surface area contributed by atoms with Crippen LogP contribution in [0.5, 0.6) is 0 Å². The van der Waals surface area contributed by atoms with Crippen LogP contribution >= 0.6 is 0 Å². The van der Waals surface area contributed by atoms with Gasteiger partial charge in [0.2, 0.25) is 0 Å². The Morgan fingerprint density at radius 2 is 0.700 bits per heavy atom. The third-order valence-electron chi connectivity index (χ3n) is 0. The van der Waals surface area contributed by atoms with E-state index in [4.69, 9.17) is 15.3 Å². The molecule has 0 aliphatic carbocycles. The third-order valence-corrected chi connectivity index (χ3v) is 0. The van der Waals surface area contributed by atoms with Crippen molar-refractivity contribution in [2.75, 3.05) is 19.8 Å². The van der Waals surface area contributed by atoms with E-state index in [0.717, 1.165) is 0 Å². The van der Waals surface area contributed by atoms with E-state index in [-0.39, 0.29) is 57.1 Å². The summed E-state index contributed by atoms with van der Waals surface area (Å²) in [4.78, 5) is 0. The molecule has 0 fully saturated rings. The van der Waals surface area contributed by atoms with E-state index in [9.17, 15) is 0 Å². The monoisotopic (exact) mass is 304 g/mol. The maximum absolute atomic E-state index is 7.57. The van der Waals surface area contributed by atoms with Gasteiger partial charge in [-0.1, -0.05) is 0 Å². The molecule has 0 bridgehead atoms. The van der Waals surface area contributed by atoms with Gasteiger partial charge < -0.3 is 15.3 Å². The van der Waals surface area contributed by atoms with Gasteiger partial charge in [0.05, 0.1) is 0 Å². The van der Waals surface area contributed by atoms with Gasteiger partial charge in [-0.05, 0) is 20.8 Å². The summed E-state index contributed by atoms with van der Waals surface area (Å²) >= 11 is 0. The predicted octanol–water partition coefficient (Wildman–Crippen LogP) is -0.00420. The van der Waals surface area contributed by atoms with Crippen LogP contribution in [0.1, 0.15) is 20.8 Å². The summed E-state index contributed by atoms with van der Waals surface area (Å²) in [6, 6.07) is 0. The largest absolute Gasteiger partial charge is 0.397 e. The van der Waals surface area contributed by atoms with Crippen molar-refractivity contribution in [2.45, 2.75) is 20.8 Å². The average molecular weight is 305 g/mol. The van der Waals surface area contributed by atoms with Crippen molar-refractivity contribution < 1.29 is 52.6 Å². The molecule has 0 spiro atoms. The Bertz CT molecular complexity index is 17.7. The Hall–Kier alpha value is 1.13. The molecule has 10 heavy (non-hydrogen) atoms. The van der Waals surface area contributed by atoms with Gasteiger partial charge in [0.25, 0.3) is 0 Å². The molecule has 4 heteroatoms. The van der Waals surface area contributed by atoms with Crippen molar-refractivity contribution in [3.8, 4) is 0 Å². The number of hydrogen-bond donors (Lipinski definition) is 3. The van der Waals surface area contributed by atoms with E-state index in [2.05, 4.69) is 0 Å². The molecule has 0 unspecified atom stereocenters. The Kier molecular flexibility index (Phi) is 111. The molecule has 3 N–H and O–H groups in total. The first-order chi connectivity index (χ1) is 4.24. The van der Waals surface area contributed by atoms with Crippen molar-refractivity contribution >= 4 is 0 Å². The number of hydrogen-bond acceptors (Lipinski definition) is 3. The normalized spacial score (nSPS) is 5.40. The number of aliphatic hydroxyl groups excluding tert-OH is 3. The van der Waals surface area contributed by atoms with Crippen LogP contribution in [0, 0.1) is 37.3 Å². The van der Waals surface area contributed by atoms with Gasteiger partial charge >= 0.3 is 0 Å². The van der Waals surface area contributed by atoms with Crippen LogP contribution in [0.25, 0.3) is 0 Å². The van der Waals surface area contributed by atoms with Gasteiger partial charge in [-0.25, -0.2) is 0 Å². The van der Waals surface area contributed by atoms with E-state index in [1.165, 1.54) is 0 Å². The molecule has 0 aliphatic heterocycles. The molecular weight excluding hydrogens is 287 g/mol. The molecule has 0 atom stereocenters. The molecule has 0 aromatic carbocycles. The second-order valence-electron chi connectivity index (χ2n) is 0.949. The van der Waals surface area contributed by atoms with Crippen LogP contribution in [0.15, 0.2) is 0 Å². The van der Waals surface area contributed by atoms with Crippen LogP contribution in [0.2, 0.25) is 0 Å². The third kappa shape index (κ3) is 475. The maximum Gasteiger partial charge on any atom is 0.0402 e. The Balaban J connectivity index is -0.0000000257. The first-order valence-corrected chi connectivity index (χ1v) is 3.07. The van der Waals surface area contributed by atoms with Gasteiger partial charge in [0.15, 0.2) is 0 Å². The van der Waals surface area contributed by atoms with Crippen molar-refractivity contribution in [2.24, 2.45) is 0 Å². The second-order valence-corrected chi connectivity index (χ2v) is 0.949. The predicted molar refractivity (Wildman–Crippen MR) is 38.3 cm³/mol. The fourth-order valence-corrected chi connectivity index (χ4v) is 0. The molecule has 0 aliphatic rings. The molecular formula is C6H18ErO3. The van der Waals surface area contributed by atoms with Gasteiger partial charge in [-0.2, -0.15) is 0 Å². The van der Waals surface area contributed by atoms with Gasteiger partial charge in [0, 0.05) is 57.1 Å². The molecule has 0 radical (unpaired) electrons. The summed E-state index contributed by atoms with van der Waals surface area (Å²) in [5.41, 5.74) is 0. The van der Waals surface area contributed by atoms with Crippen LogP contribution in [-0.2, 0) is 0 Å². The van der Waals surface area contributed by atoms with Crippen LogP contribution in [0.3, 0.4) is 0 Å². The standard InChI is InChI=1S/3C2H6O.Er/c3*1-2-3;/h3*3H,2H2,1H3;. The summed E-state index contributed by atoms with van der Waals surface area (Å²) in [5, 5.41) is 22.7. The van der Waals surface area contributed by atoms with Crippen LogP contribution in [0.4, 0.5) is 0 Å². The summed E-state index contributed by atoms with van der Waals surface area (Å²) in [5.74, 6) is 0. The summed E-state index contributed by atoms with van der Waals surface area (Å²) < 4.78 is 0. The molecule has 3 nitrogen and oxygen atoms in total. The average Bonchev–Trinajstić information content (AvgIpc) is 1.70. The van der Waals surface area contributed by atoms with Crippen molar-refractivity contribution in [3.05, 3.63) is 0 Å². The van der Waals surface area contributed by atoms with E-state index in [1.54, 1.807) is 20.8 Å². The molecule has 0 heterocycles. The molecule has 0 aromatic heterocycles. The quantitative estimate of drug-likeness (QED) is 0.590. The molecule has 0 saturated carbocycles. The SMILES string of the molecule is CCO.CCO.CCO.[Er]. The zero-order chi connectivity index (χ0) is 8.12. The van der Waals surface area contributed by atoms with Gasteiger partial charge in [0.1, 0.15) is 0 Å². The van der Waals surface area contributed by atoms with E-state index in [1.807, 2.05) is 0 Å². The Morgan fingerprint density at radius 1 is 0.700 bits per heavy atom. The van der Waals surface area contributed by atoms with Crippen LogP contribution < -0.4 is 0 Å². The van der Waals surface area contributed by atoms with Crippen molar-refractivity contribution in [3.63, 3.8) is 0 Å². The smallest absolute Gasteiger partial charge is 0.0402 e. The topological polar surface area (TPSA) is 60.7 Å². The zero-order valence-electron chi connectivity index (χ0n) is 6.75. The molecule has 0 amide bonds. The minimum Gasteiger partial charge on any atom is -0.397 e. The first-order valence-electron chi connectivity index (χ1n) is 3.07. The number of aliphatic hydroxyl groups is 3. The van der Waals surface area contributed by atoms with Crippen LogP contribution in [-0.4, -0.2) is 35.1 Å².